The lowest BCUT2D eigenvalue weighted by Crippen LogP contribution is -2.54. The number of nitrogens with zero attached hydrogens (tertiary/aromatic N) is 4. The highest BCUT2D eigenvalue weighted by Gasteiger charge is 2.50. The highest BCUT2D eigenvalue weighted by atomic mass is 19.1. The number of halogens is 1. The number of likely N-dealkylation sites (tertiary alicyclic amines) is 2. The van der Waals surface area contributed by atoms with Crippen molar-refractivity contribution in [3.05, 3.63) is 42.4 Å². The van der Waals surface area contributed by atoms with Gasteiger partial charge in [-0.3, -0.25) is 9.69 Å². The first-order chi connectivity index (χ1) is 13.8. The molecule has 1 aromatic rings. The molecule has 29 heavy (non-hydrogen) atoms. The number of fused-ring (bicyclic) bond motifs is 2. The summed E-state index contributed by atoms with van der Waals surface area (Å²) < 4.78 is 13.6. The fourth-order valence-electron chi connectivity index (χ4n) is 5.18. The van der Waals surface area contributed by atoms with Gasteiger partial charge < -0.3 is 15.5 Å². The minimum absolute atomic E-state index is 0.00252. The van der Waals surface area contributed by atoms with Gasteiger partial charge >= 0.3 is 0 Å². The Morgan fingerprint density at radius 2 is 2.17 bits per heavy atom. The average molecular weight is 397 g/mol. The summed E-state index contributed by atoms with van der Waals surface area (Å²) in [6, 6.07) is 8.06. The van der Waals surface area contributed by atoms with Crippen molar-refractivity contribution >= 4 is 11.6 Å². The molecule has 7 heteroatoms. The molecule has 6 nitrogen and oxygen atoms in total. The van der Waals surface area contributed by atoms with Gasteiger partial charge in [0, 0.05) is 30.5 Å². The Balaban J connectivity index is 1.43. The second kappa shape index (κ2) is 7.43. The van der Waals surface area contributed by atoms with Crippen molar-refractivity contribution in [1.82, 2.24) is 9.80 Å². The molecule has 0 aliphatic carbocycles. The molecule has 3 saturated heterocycles. The van der Waals surface area contributed by atoms with Gasteiger partial charge in [-0.05, 0) is 43.9 Å². The number of nitriles is 1. The van der Waals surface area contributed by atoms with Gasteiger partial charge in [0.2, 0.25) is 5.91 Å². The van der Waals surface area contributed by atoms with Crippen LogP contribution in [-0.2, 0) is 4.79 Å². The maximum atomic E-state index is 13.6. The largest absolute Gasteiger partial charge is 0.355 e. The van der Waals surface area contributed by atoms with Crippen molar-refractivity contribution < 1.29 is 9.18 Å². The van der Waals surface area contributed by atoms with E-state index in [9.17, 15) is 14.4 Å². The predicted molar refractivity (Wildman–Crippen MR) is 109 cm³/mol. The number of hydrogen-bond donors (Lipinski definition) is 1. The van der Waals surface area contributed by atoms with Crippen LogP contribution in [0.15, 0.2) is 36.5 Å². The molecule has 154 valence electrons. The second-order valence-electron chi connectivity index (χ2n) is 8.65. The molecule has 3 fully saturated rings. The molecule has 3 aliphatic heterocycles. The highest BCUT2D eigenvalue weighted by Crippen LogP contribution is 2.37. The van der Waals surface area contributed by atoms with Crippen LogP contribution in [0.1, 0.15) is 26.7 Å². The van der Waals surface area contributed by atoms with Crippen LogP contribution in [0, 0.1) is 23.1 Å². The number of anilines is 1. The van der Waals surface area contributed by atoms with Crippen LogP contribution in [0.4, 0.5) is 10.1 Å². The SMILES string of the molecule is C=C(C(N)CN1C[C@@H]2CC1C(=O)N2c1cccc(F)c1)N1C(C#N)CC(C)C1C. The molecule has 6 atom stereocenters. The Labute approximate surface area is 171 Å². The molecule has 1 amide bonds. The summed E-state index contributed by atoms with van der Waals surface area (Å²) >= 11 is 0. The zero-order valence-electron chi connectivity index (χ0n) is 17.0. The monoisotopic (exact) mass is 397 g/mol. The Morgan fingerprint density at radius 1 is 1.41 bits per heavy atom. The van der Waals surface area contributed by atoms with Crippen LogP contribution < -0.4 is 10.6 Å². The summed E-state index contributed by atoms with van der Waals surface area (Å²) in [7, 11) is 0. The zero-order valence-corrected chi connectivity index (χ0v) is 17.0. The quantitative estimate of drug-likeness (QED) is 0.823. The van der Waals surface area contributed by atoms with E-state index in [0.29, 0.717) is 24.7 Å². The predicted octanol–water partition coefficient (Wildman–Crippen LogP) is 2.08. The molecule has 0 spiro atoms. The van der Waals surface area contributed by atoms with E-state index >= 15 is 0 Å². The molecule has 2 bridgehead atoms. The summed E-state index contributed by atoms with van der Waals surface area (Å²) in [4.78, 5) is 18.8. The summed E-state index contributed by atoms with van der Waals surface area (Å²) in [5.41, 5.74) is 7.86. The van der Waals surface area contributed by atoms with E-state index in [0.717, 1.165) is 18.5 Å². The van der Waals surface area contributed by atoms with E-state index in [1.807, 2.05) is 0 Å². The van der Waals surface area contributed by atoms with Crippen molar-refractivity contribution in [2.75, 3.05) is 18.0 Å². The van der Waals surface area contributed by atoms with E-state index in [-0.39, 0.29) is 41.9 Å². The summed E-state index contributed by atoms with van der Waals surface area (Å²) in [6.07, 6.45) is 1.55. The maximum absolute atomic E-state index is 13.6. The molecule has 0 radical (unpaired) electrons. The number of amides is 1. The number of hydrogen-bond acceptors (Lipinski definition) is 5. The molecule has 0 aromatic heterocycles. The Hall–Kier alpha value is -2.43. The number of carbonyl (C=O) groups is 1. The first kappa shape index (κ1) is 19.9. The van der Waals surface area contributed by atoms with Crippen molar-refractivity contribution in [3.63, 3.8) is 0 Å². The minimum Gasteiger partial charge on any atom is -0.355 e. The third kappa shape index (κ3) is 3.30. The zero-order chi connectivity index (χ0) is 20.9. The van der Waals surface area contributed by atoms with Gasteiger partial charge in [0.1, 0.15) is 11.9 Å². The van der Waals surface area contributed by atoms with Crippen LogP contribution in [0.5, 0.6) is 0 Å². The summed E-state index contributed by atoms with van der Waals surface area (Å²) in [5.74, 6) is 0.0739. The minimum atomic E-state index is -0.339. The first-order valence-electron chi connectivity index (χ1n) is 10.3. The number of piperazine rings is 1. The fraction of sp³-hybridized carbons (Fsp3) is 0.545. The van der Waals surface area contributed by atoms with Crippen LogP contribution in [0.2, 0.25) is 0 Å². The molecular formula is C22H28FN5O. The van der Waals surface area contributed by atoms with Gasteiger partial charge in [0.15, 0.2) is 0 Å². The van der Waals surface area contributed by atoms with Crippen LogP contribution in [0.25, 0.3) is 0 Å². The lowest BCUT2D eigenvalue weighted by Gasteiger charge is -2.38. The van der Waals surface area contributed by atoms with Gasteiger partial charge in [0.05, 0.1) is 24.2 Å². The van der Waals surface area contributed by atoms with E-state index in [1.54, 1.807) is 17.0 Å². The van der Waals surface area contributed by atoms with Gasteiger partial charge in [-0.2, -0.15) is 5.26 Å². The molecule has 0 saturated carbocycles. The molecule has 3 heterocycles. The number of nitrogens with two attached hydrogens (primary N) is 1. The molecular weight excluding hydrogens is 369 g/mol. The second-order valence-corrected chi connectivity index (χ2v) is 8.65. The van der Waals surface area contributed by atoms with Gasteiger partial charge in [0.25, 0.3) is 0 Å². The van der Waals surface area contributed by atoms with Crippen LogP contribution in [-0.4, -0.2) is 59.0 Å². The third-order valence-corrected chi connectivity index (χ3v) is 6.89. The Kier molecular flexibility index (Phi) is 5.09. The topological polar surface area (TPSA) is 76.6 Å². The van der Waals surface area contributed by atoms with Crippen molar-refractivity contribution in [2.45, 2.75) is 56.9 Å². The normalized spacial score (nSPS) is 32.7. The van der Waals surface area contributed by atoms with E-state index in [4.69, 9.17) is 5.73 Å². The Bertz CT molecular complexity index is 867. The first-order valence-corrected chi connectivity index (χ1v) is 10.3. The van der Waals surface area contributed by atoms with Crippen LogP contribution in [0.3, 0.4) is 0 Å². The van der Waals surface area contributed by atoms with Crippen LogP contribution >= 0.6 is 0 Å². The van der Waals surface area contributed by atoms with Crippen molar-refractivity contribution in [2.24, 2.45) is 11.7 Å². The number of benzene rings is 1. The third-order valence-electron chi connectivity index (χ3n) is 6.89. The van der Waals surface area contributed by atoms with Crippen molar-refractivity contribution in [1.29, 1.82) is 5.26 Å². The summed E-state index contributed by atoms with van der Waals surface area (Å²) in [6.45, 7) is 9.69. The number of carbonyl (C=O) groups excluding carboxylic acids is 1. The molecule has 1 aromatic carbocycles. The van der Waals surface area contributed by atoms with E-state index < -0.39 is 0 Å². The summed E-state index contributed by atoms with van der Waals surface area (Å²) in [5, 5.41) is 9.50. The van der Waals surface area contributed by atoms with E-state index in [2.05, 4.69) is 36.3 Å². The number of rotatable bonds is 5. The molecule has 2 N–H and O–H groups in total. The van der Waals surface area contributed by atoms with Gasteiger partial charge in [-0.1, -0.05) is 19.6 Å². The smallest absolute Gasteiger partial charge is 0.244 e. The average Bonchev–Trinajstić information content (AvgIpc) is 3.32. The van der Waals surface area contributed by atoms with Crippen molar-refractivity contribution in [3.8, 4) is 6.07 Å². The molecule has 5 unspecified atom stereocenters. The highest BCUT2D eigenvalue weighted by molar-refractivity contribution is 6.01. The molecule has 4 rings (SSSR count). The Morgan fingerprint density at radius 3 is 2.83 bits per heavy atom. The van der Waals surface area contributed by atoms with E-state index in [1.165, 1.54) is 12.1 Å². The lowest BCUT2D eigenvalue weighted by molar-refractivity contribution is -0.122. The fourth-order valence-corrected chi connectivity index (χ4v) is 5.18. The maximum Gasteiger partial charge on any atom is 0.244 e. The van der Waals surface area contributed by atoms with Gasteiger partial charge in [-0.15, -0.1) is 0 Å². The van der Waals surface area contributed by atoms with Gasteiger partial charge in [-0.25, -0.2) is 4.39 Å². The molecule has 3 aliphatic rings. The standard InChI is InChI=1S/C22H28FN5O/c1-13-7-18(10-24)27(14(13)2)15(3)20(25)12-26-11-19-9-21(26)22(29)28(19)17-6-4-5-16(23)8-17/h4-6,8,13-14,18-21H,3,7,9,11-12,25H2,1-2H3/t13?,14?,18?,19-,20?,21?/m0/s1. The lowest BCUT2D eigenvalue weighted by atomic mass is 10.0.